The third-order valence-electron chi connectivity index (χ3n) is 3.38. The second-order valence-corrected chi connectivity index (χ2v) is 6.20. The summed E-state index contributed by atoms with van der Waals surface area (Å²) in [6.07, 6.45) is 2.19. The van der Waals surface area contributed by atoms with Crippen molar-refractivity contribution in [2.24, 2.45) is 0 Å². The minimum Gasteiger partial charge on any atom is -0.497 e. The topological polar surface area (TPSA) is 9.23 Å². The number of benzene rings is 2. The summed E-state index contributed by atoms with van der Waals surface area (Å²) >= 11 is 3.55. The fourth-order valence-corrected chi connectivity index (χ4v) is 2.74. The number of hydrogen-bond donors (Lipinski definition) is 0. The van der Waals surface area contributed by atoms with Gasteiger partial charge in [0.2, 0.25) is 0 Å². The number of aryl methyl sites for hydroxylation is 1. The summed E-state index contributed by atoms with van der Waals surface area (Å²) < 4.78 is 31.9. The SMILES string of the molecule is COc1ccc(CCC(Br)Cc2cccc(F)c2F)cc1. The molecule has 0 amide bonds. The molecular formula is C17H17BrF2O. The third kappa shape index (κ3) is 4.53. The number of rotatable bonds is 6. The van der Waals surface area contributed by atoms with Crippen molar-refractivity contribution in [3.8, 4) is 5.75 Å². The molecule has 1 unspecified atom stereocenters. The molecule has 0 heterocycles. The Labute approximate surface area is 132 Å². The van der Waals surface area contributed by atoms with Crippen LogP contribution in [-0.2, 0) is 12.8 Å². The zero-order valence-corrected chi connectivity index (χ0v) is 13.4. The zero-order valence-electron chi connectivity index (χ0n) is 11.8. The van der Waals surface area contributed by atoms with Crippen LogP contribution in [0.2, 0.25) is 0 Å². The fourth-order valence-electron chi connectivity index (χ4n) is 2.16. The van der Waals surface area contributed by atoms with Crippen molar-refractivity contribution in [2.45, 2.75) is 24.1 Å². The predicted molar refractivity (Wildman–Crippen MR) is 84.1 cm³/mol. The van der Waals surface area contributed by atoms with E-state index in [9.17, 15) is 8.78 Å². The molecule has 0 aromatic heterocycles. The van der Waals surface area contributed by atoms with Crippen molar-refractivity contribution in [1.82, 2.24) is 0 Å². The molecule has 112 valence electrons. The molecule has 2 aromatic carbocycles. The normalized spacial score (nSPS) is 12.2. The van der Waals surface area contributed by atoms with Crippen LogP contribution in [0.15, 0.2) is 42.5 Å². The van der Waals surface area contributed by atoms with E-state index in [-0.39, 0.29) is 4.83 Å². The Balaban J connectivity index is 1.89. The Kier molecular flexibility index (Phi) is 5.74. The molecule has 0 aliphatic heterocycles. The van der Waals surface area contributed by atoms with E-state index in [2.05, 4.69) is 15.9 Å². The van der Waals surface area contributed by atoms with E-state index in [0.717, 1.165) is 24.7 Å². The van der Waals surface area contributed by atoms with E-state index in [0.29, 0.717) is 12.0 Å². The predicted octanol–water partition coefficient (Wildman–Crippen LogP) is 4.91. The van der Waals surface area contributed by atoms with Crippen LogP contribution in [-0.4, -0.2) is 11.9 Å². The van der Waals surface area contributed by atoms with Gasteiger partial charge in [-0.3, -0.25) is 0 Å². The molecule has 0 fully saturated rings. The standard InChI is InChI=1S/C17H17BrF2O/c1-21-15-9-6-12(7-10-15)5-8-14(18)11-13-3-2-4-16(19)17(13)20/h2-4,6-7,9-10,14H,5,8,11H2,1H3. The van der Waals surface area contributed by atoms with Crippen LogP contribution in [0.3, 0.4) is 0 Å². The molecule has 0 saturated heterocycles. The summed E-state index contributed by atoms with van der Waals surface area (Å²) in [7, 11) is 1.64. The largest absolute Gasteiger partial charge is 0.497 e. The van der Waals surface area contributed by atoms with E-state index >= 15 is 0 Å². The second-order valence-electron chi connectivity index (χ2n) is 4.90. The van der Waals surface area contributed by atoms with Gasteiger partial charge in [0.25, 0.3) is 0 Å². The maximum atomic E-state index is 13.6. The molecule has 1 nitrogen and oxygen atoms in total. The van der Waals surface area contributed by atoms with Crippen LogP contribution in [0, 0.1) is 11.6 Å². The molecule has 0 aliphatic rings. The lowest BCUT2D eigenvalue weighted by atomic mass is 10.0. The van der Waals surface area contributed by atoms with E-state index in [1.54, 1.807) is 13.2 Å². The summed E-state index contributed by atoms with van der Waals surface area (Å²) in [5, 5.41) is 0. The smallest absolute Gasteiger partial charge is 0.162 e. The van der Waals surface area contributed by atoms with Crippen molar-refractivity contribution >= 4 is 15.9 Å². The van der Waals surface area contributed by atoms with E-state index < -0.39 is 11.6 Å². The first kappa shape index (κ1) is 16.0. The lowest BCUT2D eigenvalue weighted by molar-refractivity contribution is 0.414. The Morgan fingerprint density at radius 1 is 1.10 bits per heavy atom. The molecule has 0 saturated carbocycles. The summed E-state index contributed by atoms with van der Waals surface area (Å²) in [5.41, 5.74) is 1.60. The van der Waals surface area contributed by atoms with Crippen LogP contribution >= 0.6 is 15.9 Å². The summed E-state index contributed by atoms with van der Waals surface area (Å²) in [6.45, 7) is 0. The Morgan fingerprint density at radius 3 is 2.48 bits per heavy atom. The van der Waals surface area contributed by atoms with Gasteiger partial charge in [-0.15, -0.1) is 0 Å². The van der Waals surface area contributed by atoms with Crippen LogP contribution < -0.4 is 4.74 Å². The maximum absolute atomic E-state index is 13.6. The zero-order chi connectivity index (χ0) is 15.2. The minimum absolute atomic E-state index is 0.107. The molecule has 1 atom stereocenters. The first-order valence-corrected chi connectivity index (χ1v) is 7.71. The molecule has 2 rings (SSSR count). The molecule has 0 aliphatic carbocycles. The van der Waals surface area contributed by atoms with Crippen molar-refractivity contribution in [3.05, 3.63) is 65.2 Å². The highest BCUT2D eigenvalue weighted by Gasteiger charge is 2.12. The number of methoxy groups -OCH3 is 1. The monoisotopic (exact) mass is 354 g/mol. The van der Waals surface area contributed by atoms with Gasteiger partial charge in [-0.1, -0.05) is 40.2 Å². The molecular weight excluding hydrogens is 338 g/mol. The number of alkyl halides is 1. The molecule has 2 aromatic rings. The van der Waals surface area contributed by atoms with Gasteiger partial charge in [0.05, 0.1) is 7.11 Å². The van der Waals surface area contributed by atoms with E-state index in [1.807, 2.05) is 24.3 Å². The number of hydrogen-bond acceptors (Lipinski definition) is 1. The lowest BCUT2D eigenvalue weighted by Crippen LogP contribution is -2.07. The molecule has 0 radical (unpaired) electrons. The highest BCUT2D eigenvalue weighted by molar-refractivity contribution is 9.09. The summed E-state index contributed by atoms with van der Waals surface area (Å²) in [6, 6.07) is 12.2. The summed E-state index contributed by atoms with van der Waals surface area (Å²) in [5.74, 6) is -0.704. The van der Waals surface area contributed by atoms with Gasteiger partial charge in [0.1, 0.15) is 5.75 Å². The number of ether oxygens (including phenoxy) is 1. The van der Waals surface area contributed by atoms with Crippen molar-refractivity contribution in [1.29, 1.82) is 0 Å². The van der Waals surface area contributed by atoms with E-state index in [4.69, 9.17) is 4.74 Å². The van der Waals surface area contributed by atoms with Crippen LogP contribution in [0.5, 0.6) is 5.75 Å². The highest BCUT2D eigenvalue weighted by Crippen LogP contribution is 2.20. The Hall–Kier alpha value is -1.42. The molecule has 21 heavy (non-hydrogen) atoms. The van der Waals surface area contributed by atoms with Crippen LogP contribution in [0.25, 0.3) is 0 Å². The van der Waals surface area contributed by atoms with E-state index in [1.165, 1.54) is 11.6 Å². The highest BCUT2D eigenvalue weighted by atomic mass is 79.9. The fraction of sp³-hybridized carbons (Fsp3) is 0.294. The van der Waals surface area contributed by atoms with Gasteiger partial charge >= 0.3 is 0 Å². The van der Waals surface area contributed by atoms with Gasteiger partial charge in [-0.05, 0) is 48.6 Å². The van der Waals surface area contributed by atoms with Crippen molar-refractivity contribution in [3.63, 3.8) is 0 Å². The maximum Gasteiger partial charge on any atom is 0.162 e. The molecule has 0 spiro atoms. The minimum atomic E-state index is -0.789. The molecule has 4 heteroatoms. The Bertz CT molecular complexity index is 584. The van der Waals surface area contributed by atoms with Gasteiger partial charge < -0.3 is 4.74 Å². The van der Waals surface area contributed by atoms with Crippen LogP contribution in [0.1, 0.15) is 17.5 Å². The number of halogens is 3. The Morgan fingerprint density at radius 2 is 1.81 bits per heavy atom. The molecule has 0 N–H and O–H groups in total. The average molecular weight is 355 g/mol. The average Bonchev–Trinajstić information content (AvgIpc) is 2.50. The van der Waals surface area contributed by atoms with Crippen molar-refractivity contribution in [2.75, 3.05) is 7.11 Å². The van der Waals surface area contributed by atoms with Gasteiger partial charge in [-0.25, -0.2) is 8.78 Å². The third-order valence-corrected chi connectivity index (χ3v) is 4.16. The summed E-state index contributed by atoms with van der Waals surface area (Å²) in [4.78, 5) is 0.107. The first-order chi connectivity index (χ1) is 10.1. The first-order valence-electron chi connectivity index (χ1n) is 6.80. The van der Waals surface area contributed by atoms with Crippen LogP contribution in [0.4, 0.5) is 8.78 Å². The lowest BCUT2D eigenvalue weighted by Gasteiger charge is -2.11. The quantitative estimate of drug-likeness (QED) is 0.669. The molecule has 0 bridgehead atoms. The van der Waals surface area contributed by atoms with Crippen molar-refractivity contribution < 1.29 is 13.5 Å². The van der Waals surface area contributed by atoms with Gasteiger partial charge in [0.15, 0.2) is 11.6 Å². The van der Waals surface area contributed by atoms with Gasteiger partial charge in [0, 0.05) is 4.83 Å². The van der Waals surface area contributed by atoms with Gasteiger partial charge in [-0.2, -0.15) is 0 Å². The second kappa shape index (κ2) is 7.55.